The lowest BCUT2D eigenvalue weighted by Crippen LogP contribution is -2.36. The number of likely N-dealkylation sites (N-methyl/N-ethyl adjacent to an activating group) is 1. The van der Waals surface area contributed by atoms with Gasteiger partial charge in [0.05, 0.1) is 6.54 Å². The molecule has 1 aromatic heterocycles. The van der Waals surface area contributed by atoms with Gasteiger partial charge in [0.1, 0.15) is 0 Å². The van der Waals surface area contributed by atoms with E-state index < -0.39 is 0 Å². The van der Waals surface area contributed by atoms with Gasteiger partial charge in [-0.05, 0) is 31.6 Å². The van der Waals surface area contributed by atoms with E-state index in [0.29, 0.717) is 29.3 Å². The Hall–Kier alpha value is -1.43. The van der Waals surface area contributed by atoms with E-state index in [1.807, 2.05) is 24.3 Å². The number of nitrogens with one attached hydrogen (secondary N) is 1. The van der Waals surface area contributed by atoms with Crippen LogP contribution in [0.1, 0.15) is 19.2 Å². The molecule has 1 N–H and O–H groups in total. The molecule has 1 atom stereocenters. The lowest BCUT2D eigenvalue weighted by atomic mass is 10.2. The van der Waals surface area contributed by atoms with Gasteiger partial charge in [0.15, 0.2) is 0 Å². The highest BCUT2D eigenvalue weighted by Crippen LogP contribution is 2.21. The van der Waals surface area contributed by atoms with Crippen molar-refractivity contribution in [1.29, 1.82) is 0 Å². The summed E-state index contributed by atoms with van der Waals surface area (Å²) in [5.41, 5.74) is 0.878. The first-order valence-corrected chi connectivity index (χ1v) is 7.67. The van der Waals surface area contributed by atoms with E-state index in [1.54, 1.807) is 0 Å². The Morgan fingerprint density at radius 1 is 1.48 bits per heavy atom. The van der Waals surface area contributed by atoms with Gasteiger partial charge in [-0.25, -0.2) is 0 Å². The smallest absolute Gasteiger partial charge is 0.241 e. The molecule has 5 nitrogen and oxygen atoms in total. The fraction of sp³-hybridized carbons (Fsp3) is 0.467. The highest BCUT2D eigenvalue weighted by Gasteiger charge is 2.23. The molecule has 0 bridgehead atoms. The van der Waals surface area contributed by atoms with E-state index in [9.17, 15) is 0 Å². The third-order valence-corrected chi connectivity index (χ3v) is 4.08. The van der Waals surface area contributed by atoms with Crippen molar-refractivity contribution in [1.82, 2.24) is 20.4 Å². The van der Waals surface area contributed by atoms with Crippen molar-refractivity contribution in [2.75, 3.05) is 19.6 Å². The van der Waals surface area contributed by atoms with E-state index >= 15 is 0 Å². The number of halogens is 1. The van der Waals surface area contributed by atoms with Crippen molar-refractivity contribution >= 4 is 11.6 Å². The largest absolute Gasteiger partial charge is 0.338 e. The number of rotatable bonds is 5. The van der Waals surface area contributed by atoms with Crippen LogP contribution in [0, 0.1) is 0 Å². The van der Waals surface area contributed by atoms with Gasteiger partial charge in [-0.2, -0.15) is 4.98 Å². The van der Waals surface area contributed by atoms with E-state index in [0.717, 1.165) is 25.2 Å². The fourth-order valence-electron chi connectivity index (χ4n) is 2.69. The molecular formula is C15H19ClN4O. The number of aromatic nitrogens is 2. The van der Waals surface area contributed by atoms with Gasteiger partial charge in [-0.1, -0.05) is 35.8 Å². The van der Waals surface area contributed by atoms with Crippen LogP contribution < -0.4 is 5.32 Å². The Kier molecular flexibility index (Phi) is 4.53. The Balaban J connectivity index is 1.72. The van der Waals surface area contributed by atoms with Gasteiger partial charge < -0.3 is 9.84 Å². The minimum atomic E-state index is 0.552. The number of hydrogen-bond donors (Lipinski definition) is 1. The summed E-state index contributed by atoms with van der Waals surface area (Å²) in [5.74, 6) is 1.24. The van der Waals surface area contributed by atoms with Crippen LogP contribution >= 0.6 is 11.6 Å². The highest BCUT2D eigenvalue weighted by molar-refractivity contribution is 6.30. The molecule has 3 rings (SSSR count). The summed E-state index contributed by atoms with van der Waals surface area (Å²) in [7, 11) is 0. The topological polar surface area (TPSA) is 54.2 Å². The van der Waals surface area contributed by atoms with Crippen LogP contribution in [0.2, 0.25) is 5.02 Å². The third kappa shape index (κ3) is 3.43. The quantitative estimate of drug-likeness (QED) is 0.920. The van der Waals surface area contributed by atoms with Gasteiger partial charge in [0.2, 0.25) is 11.7 Å². The molecule has 1 aliphatic heterocycles. The highest BCUT2D eigenvalue weighted by atomic mass is 35.5. The molecule has 2 heterocycles. The minimum Gasteiger partial charge on any atom is -0.338 e. The maximum atomic E-state index is 5.99. The average molecular weight is 307 g/mol. The molecular weight excluding hydrogens is 288 g/mol. The van der Waals surface area contributed by atoms with Crippen LogP contribution in [0.4, 0.5) is 0 Å². The molecule has 2 aromatic rings. The second kappa shape index (κ2) is 6.56. The van der Waals surface area contributed by atoms with Gasteiger partial charge in [0.25, 0.3) is 0 Å². The van der Waals surface area contributed by atoms with E-state index in [1.165, 1.54) is 6.42 Å². The van der Waals surface area contributed by atoms with Crippen LogP contribution in [0.3, 0.4) is 0 Å². The standard InChI is InChI=1S/C15H19ClN4O/c1-2-20(13-6-7-17-9-13)10-14-18-15(19-21-14)11-4-3-5-12(16)8-11/h3-5,8,13,17H,2,6-7,9-10H2,1H3. The van der Waals surface area contributed by atoms with Crippen LogP contribution in [-0.4, -0.2) is 40.7 Å². The molecule has 112 valence electrons. The Labute approximate surface area is 129 Å². The van der Waals surface area contributed by atoms with Crippen LogP contribution in [0.25, 0.3) is 11.4 Å². The van der Waals surface area contributed by atoms with Gasteiger partial charge in [-0.3, -0.25) is 4.90 Å². The summed E-state index contributed by atoms with van der Waals surface area (Å²) < 4.78 is 5.38. The third-order valence-electron chi connectivity index (χ3n) is 3.85. The second-order valence-corrected chi connectivity index (χ2v) is 5.67. The Morgan fingerprint density at radius 3 is 3.10 bits per heavy atom. The lowest BCUT2D eigenvalue weighted by Gasteiger charge is -2.24. The van der Waals surface area contributed by atoms with E-state index in [2.05, 4.69) is 27.3 Å². The van der Waals surface area contributed by atoms with Crippen molar-refractivity contribution in [3.63, 3.8) is 0 Å². The Morgan fingerprint density at radius 2 is 2.38 bits per heavy atom. The maximum absolute atomic E-state index is 5.99. The molecule has 1 aromatic carbocycles. The molecule has 6 heteroatoms. The summed E-state index contributed by atoms with van der Waals surface area (Å²) in [6.07, 6.45) is 1.17. The molecule has 21 heavy (non-hydrogen) atoms. The molecule has 0 amide bonds. The summed E-state index contributed by atoms with van der Waals surface area (Å²) in [6, 6.07) is 8.04. The summed E-state index contributed by atoms with van der Waals surface area (Å²) in [6.45, 7) is 5.94. The first-order chi connectivity index (χ1) is 10.3. The first-order valence-electron chi connectivity index (χ1n) is 7.29. The van der Waals surface area contributed by atoms with Gasteiger partial charge >= 0.3 is 0 Å². The van der Waals surface area contributed by atoms with Gasteiger partial charge in [-0.15, -0.1) is 0 Å². The molecule has 0 spiro atoms. The maximum Gasteiger partial charge on any atom is 0.241 e. The zero-order chi connectivity index (χ0) is 14.7. The van der Waals surface area contributed by atoms with Gasteiger partial charge in [0, 0.05) is 23.2 Å². The van der Waals surface area contributed by atoms with Crippen LogP contribution in [0.5, 0.6) is 0 Å². The minimum absolute atomic E-state index is 0.552. The molecule has 1 fully saturated rings. The number of nitrogens with zero attached hydrogens (tertiary/aromatic N) is 3. The molecule has 1 aliphatic rings. The van der Waals surface area contributed by atoms with Crippen LogP contribution in [-0.2, 0) is 6.54 Å². The Bertz CT molecular complexity index is 595. The average Bonchev–Trinajstić information content (AvgIpc) is 3.16. The van der Waals surface area contributed by atoms with Crippen molar-refractivity contribution < 1.29 is 4.52 Å². The molecule has 1 unspecified atom stereocenters. The van der Waals surface area contributed by atoms with Crippen LogP contribution in [0.15, 0.2) is 28.8 Å². The summed E-state index contributed by atoms with van der Waals surface area (Å²) in [4.78, 5) is 6.85. The van der Waals surface area contributed by atoms with E-state index in [4.69, 9.17) is 16.1 Å². The van der Waals surface area contributed by atoms with Crippen molar-refractivity contribution in [3.05, 3.63) is 35.2 Å². The zero-order valence-corrected chi connectivity index (χ0v) is 12.8. The predicted molar refractivity (Wildman–Crippen MR) is 82.1 cm³/mol. The predicted octanol–water partition coefficient (Wildman–Crippen LogP) is 2.57. The summed E-state index contributed by atoms with van der Waals surface area (Å²) >= 11 is 5.99. The first kappa shape index (κ1) is 14.5. The van der Waals surface area contributed by atoms with Crippen molar-refractivity contribution in [2.45, 2.75) is 25.9 Å². The van der Waals surface area contributed by atoms with Crippen molar-refractivity contribution in [2.24, 2.45) is 0 Å². The summed E-state index contributed by atoms with van der Waals surface area (Å²) in [5, 5.41) is 8.11. The zero-order valence-electron chi connectivity index (χ0n) is 12.1. The fourth-order valence-corrected chi connectivity index (χ4v) is 2.88. The van der Waals surface area contributed by atoms with Crippen molar-refractivity contribution in [3.8, 4) is 11.4 Å². The van der Waals surface area contributed by atoms with E-state index in [-0.39, 0.29) is 0 Å². The SMILES string of the molecule is CCN(Cc1nc(-c2cccc(Cl)c2)no1)C1CCNC1. The number of benzene rings is 1. The molecule has 0 saturated carbocycles. The second-order valence-electron chi connectivity index (χ2n) is 5.23. The molecule has 0 radical (unpaired) electrons. The molecule has 0 aliphatic carbocycles. The monoisotopic (exact) mass is 306 g/mol. The lowest BCUT2D eigenvalue weighted by molar-refractivity contribution is 0.183. The molecule has 1 saturated heterocycles. The number of hydrogen-bond acceptors (Lipinski definition) is 5. The normalized spacial score (nSPS) is 18.5.